The number of amides is 1. The smallest absolute Gasteiger partial charge is 0.222 e. The number of anilines is 2. The number of aromatic nitrogens is 2. The van der Waals surface area contributed by atoms with Crippen LogP contribution in [-0.2, 0) is 4.79 Å². The van der Waals surface area contributed by atoms with Gasteiger partial charge in [0.15, 0.2) is 11.6 Å². The van der Waals surface area contributed by atoms with Crippen LogP contribution >= 0.6 is 0 Å². The Balaban J connectivity index is 2.19. The van der Waals surface area contributed by atoms with Crippen molar-refractivity contribution >= 4 is 17.5 Å². The lowest BCUT2D eigenvalue weighted by Crippen LogP contribution is -2.42. The van der Waals surface area contributed by atoms with Gasteiger partial charge < -0.3 is 15.5 Å². The Morgan fingerprint density at radius 3 is 3.00 bits per heavy atom. The molecule has 7 heteroatoms. The maximum Gasteiger partial charge on any atom is 0.222 e. The molecule has 1 aliphatic rings. The van der Waals surface area contributed by atoms with Gasteiger partial charge in [0.2, 0.25) is 11.7 Å². The van der Waals surface area contributed by atoms with Crippen LogP contribution in [-0.4, -0.2) is 42.6 Å². The molecule has 1 atom stereocenters. The quantitative estimate of drug-likeness (QED) is 0.863. The van der Waals surface area contributed by atoms with Crippen LogP contribution in [0.4, 0.5) is 16.0 Å². The number of rotatable bonds is 6. The molecular weight excluding hydrogens is 285 g/mol. The van der Waals surface area contributed by atoms with Crippen LogP contribution < -0.4 is 15.5 Å². The Morgan fingerprint density at radius 2 is 2.32 bits per heavy atom. The van der Waals surface area contributed by atoms with Crippen molar-refractivity contribution in [3.05, 3.63) is 12.1 Å². The highest BCUT2D eigenvalue weighted by Gasteiger charge is 2.27. The molecule has 1 aromatic heterocycles. The molecule has 0 saturated carbocycles. The summed E-state index contributed by atoms with van der Waals surface area (Å²) in [4.78, 5) is 23.1. The molecule has 1 aliphatic heterocycles. The molecule has 2 heterocycles. The minimum atomic E-state index is -0.425. The molecule has 2 N–H and O–H groups in total. The topological polar surface area (TPSA) is 75.3 Å². The lowest BCUT2D eigenvalue weighted by molar-refractivity contribution is -0.122. The van der Waals surface area contributed by atoms with Gasteiger partial charge in [0.1, 0.15) is 6.33 Å². The standard InChI is InChI=1S/C15H24FN5O/c1-3-4-7-20(2)14-12(16)15(19-10-18-14)21-8-5-6-11(9-21)13(17)22/h10-11H,3-9H2,1-2H3,(H2,17,22). The van der Waals surface area contributed by atoms with Crippen LogP contribution in [0.3, 0.4) is 0 Å². The molecule has 1 fully saturated rings. The predicted octanol–water partition coefficient (Wildman–Crippen LogP) is 1.55. The highest BCUT2D eigenvalue weighted by atomic mass is 19.1. The summed E-state index contributed by atoms with van der Waals surface area (Å²) in [6.45, 7) is 3.93. The highest BCUT2D eigenvalue weighted by Crippen LogP contribution is 2.27. The van der Waals surface area contributed by atoms with Crippen LogP contribution in [0.2, 0.25) is 0 Å². The summed E-state index contributed by atoms with van der Waals surface area (Å²) >= 11 is 0. The van der Waals surface area contributed by atoms with E-state index < -0.39 is 5.82 Å². The third-order valence-corrected chi connectivity index (χ3v) is 4.08. The molecule has 22 heavy (non-hydrogen) atoms. The van der Waals surface area contributed by atoms with Crippen LogP contribution in [0, 0.1) is 11.7 Å². The lowest BCUT2D eigenvalue weighted by Gasteiger charge is -2.32. The van der Waals surface area contributed by atoms with Crippen LogP contribution in [0.5, 0.6) is 0 Å². The molecule has 2 rings (SSSR count). The van der Waals surface area contributed by atoms with Crippen molar-refractivity contribution in [3.63, 3.8) is 0 Å². The largest absolute Gasteiger partial charge is 0.369 e. The number of halogens is 1. The van der Waals surface area contributed by atoms with Crippen LogP contribution in [0.15, 0.2) is 6.33 Å². The summed E-state index contributed by atoms with van der Waals surface area (Å²) in [6, 6.07) is 0. The van der Waals surface area contributed by atoms with Gasteiger partial charge in [0, 0.05) is 26.7 Å². The lowest BCUT2D eigenvalue weighted by atomic mass is 9.97. The van der Waals surface area contributed by atoms with Crippen molar-refractivity contribution in [2.75, 3.05) is 36.5 Å². The molecule has 0 aromatic carbocycles. The number of carbonyl (C=O) groups is 1. The minimum absolute atomic E-state index is 0.246. The Bertz CT molecular complexity index is 525. The van der Waals surface area contributed by atoms with Gasteiger partial charge in [-0.05, 0) is 19.3 Å². The van der Waals surface area contributed by atoms with Gasteiger partial charge in [0.25, 0.3) is 0 Å². The fourth-order valence-corrected chi connectivity index (χ4v) is 2.74. The summed E-state index contributed by atoms with van der Waals surface area (Å²) < 4.78 is 14.7. The van der Waals surface area contributed by atoms with Crippen LogP contribution in [0.1, 0.15) is 32.6 Å². The van der Waals surface area contributed by atoms with Crippen molar-refractivity contribution < 1.29 is 9.18 Å². The maximum absolute atomic E-state index is 14.7. The average Bonchev–Trinajstić information content (AvgIpc) is 2.53. The molecule has 1 amide bonds. The first-order chi connectivity index (χ1) is 10.5. The molecule has 0 bridgehead atoms. The second-order valence-electron chi connectivity index (χ2n) is 5.80. The first kappa shape index (κ1) is 16.5. The van der Waals surface area contributed by atoms with Gasteiger partial charge in [0.05, 0.1) is 5.92 Å². The summed E-state index contributed by atoms with van der Waals surface area (Å²) in [5.74, 6) is -0.436. The van der Waals surface area contributed by atoms with Crippen LogP contribution in [0.25, 0.3) is 0 Å². The van der Waals surface area contributed by atoms with Gasteiger partial charge in [-0.1, -0.05) is 13.3 Å². The van der Waals surface area contributed by atoms with E-state index in [1.807, 2.05) is 7.05 Å². The third kappa shape index (κ3) is 3.64. The summed E-state index contributed by atoms with van der Waals surface area (Å²) in [5, 5.41) is 0. The van der Waals surface area contributed by atoms with Crippen molar-refractivity contribution in [3.8, 4) is 0 Å². The molecule has 1 saturated heterocycles. The van der Waals surface area contributed by atoms with E-state index in [2.05, 4.69) is 16.9 Å². The van der Waals surface area contributed by atoms with Gasteiger partial charge in [-0.25, -0.2) is 9.97 Å². The number of hydrogen-bond acceptors (Lipinski definition) is 5. The SMILES string of the molecule is CCCCN(C)c1ncnc(N2CCCC(C(N)=O)C2)c1F. The van der Waals surface area contributed by atoms with E-state index in [9.17, 15) is 9.18 Å². The number of primary amides is 1. The van der Waals surface area contributed by atoms with Crippen molar-refractivity contribution in [1.29, 1.82) is 0 Å². The summed E-state index contributed by atoms with van der Waals surface area (Å²) in [6.07, 6.45) is 4.95. The number of nitrogens with zero attached hydrogens (tertiary/aromatic N) is 4. The van der Waals surface area contributed by atoms with Crippen molar-refractivity contribution in [2.45, 2.75) is 32.6 Å². The molecule has 1 aromatic rings. The number of unbranched alkanes of at least 4 members (excludes halogenated alkanes) is 1. The monoisotopic (exact) mass is 309 g/mol. The number of piperidine rings is 1. The molecule has 0 spiro atoms. The van der Waals surface area contributed by atoms with E-state index in [0.717, 1.165) is 32.2 Å². The Kier molecular flexibility index (Phi) is 5.51. The number of hydrogen-bond donors (Lipinski definition) is 1. The second-order valence-corrected chi connectivity index (χ2v) is 5.80. The first-order valence-corrected chi connectivity index (χ1v) is 7.80. The number of nitrogens with two attached hydrogens (primary N) is 1. The molecule has 122 valence electrons. The normalized spacial score (nSPS) is 18.3. The van der Waals surface area contributed by atoms with Crippen molar-refractivity contribution in [1.82, 2.24) is 9.97 Å². The predicted molar refractivity (Wildman–Crippen MR) is 84.3 cm³/mol. The molecule has 6 nitrogen and oxygen atoms in total. The third-order valence-electron chi connectivity index (χ3n) is 4.08. The average molecular weight is 309 g/mol. The van der Waals surface area contributed by atoms with E-state index in [-0.39, 0.29) is 17.6 Å². The Morgan fingerprint density at radius 1 is 1.55 bits per heavy atom. The summed E-state index contributed by atoms with van der Waals surface area (Å²) in [5.41, 5.74) is 5.38. The van der Waals surface area contributed by atoms with Gasteiger partial charge in [-0.15, -0.1) is 0 Å². The van der Waals surface area contributed by atoms with Crippen molar-refractivity contribution in [2.24, 2.45) is 11.7 Å². The minimum Gasteiger partial charge on any atom is -0.369 e. The number of carbonyl (C=O) groups excluding carboxylic acids is 1. The van der Waals surface area contributed by atoms with E-state index in [4.69, 9.17) is 5.73 Å². The Labute approximate surface area is 130 Å². The van der Waals surface area contributed by atoms with Gasteiger partial charge in [-0.3, -0.25) is 4.79 Å². The van der Waals surface area contributed by atoms with E-state index in [0.29, 0.717) is 18.9 Å². The second kappa shape index (κ2) is 7.38. The fraction of sp³-hybridized carbons (Fsp3) is 0.667. The highest BCUT2D eigenvalue weighted by molar-refractivity contribution is 5.77. The summed E-state index contributed by atoms with van der Waals surface area (Å²) in [7, 11) is 1.83. The van der Waals surface area contributed by atoms with E-state index in [1.54, 1.807) is 9.80 Å². The zero-order chi connectivity index (χ0) is 16.1. The Hall–Kier alpha value is -1.92. The zero-order valence-electron chi connectivity index (χ0n) is 13.3. The van der Waals surface area contributed by atoms with E-state index >= 15 is 0 Å². The zero-order valence-corrected chi connectivity index (χ0v) is 13.3. The first-order valence-electron chi connectivity index (χ1n) is 7.80. The maximum atomic E-state index is 14.7. The molecular formula is C15H24FN5O. The fourth-order valence-electron chi connectivity index (χ4n) is 2.74. The molecule has 1 unspecified atom stereocenters. The molecule has 0 radical (unpaired) electrons. The molecule has 0 aliphatic carbocycles. The van der Waals surface area contributed by atoms with Gasteiger partial charge >= 0.3 is 0 Å². The van der Waals surface area contributed by atoms with E-state index in [1.165, 1.54) is 6.33 Å². The van der Waals surface area contributed by atoms with Gasteiger partial charge in [-0.2, -0.15) is 4.39 Å².